The first-order chi connectivity index (χ1) is 5.41. The van der Waals surface area contributed by atoms with Gasteiger partial charge in [-0.15, -0.1) is 0 Å². The van der Waals surface area contributed by atoms with Gasteiger partial charge in [-0.2, -0.15) is 13.2 Å². The lowest BCUT2D eigenvalue weighted by atomic mass is 10.2. The quantitative estimate of drug-likeness (QED) is 0.653. The van der Waals surface area contributed by atoms with Gasteiger partial charge in [0.2, 0.25) is 6.10 Å². The molecule has 0 amide bonds. The third kappa shape index (κ3) is 1.66. The number of carbonyl (C=O) groups is 1. The minimum absolute atomic E-state index is 0.600. The Balaban J connectivity index is 2.59. The number of nitrogens with zero attached hydrogens (tertiary/aromatic N) is 1. The van der Waals surface area contributed by atoms with Gasteiger partial charge in [-0.05, 0) is 0 Å². The van der Waals surface area contributed by atoms with Gasteiger partial charge in [-0.1, -0.05) is 5.16 Å². The number of rotatable bonds is 1. The van der Waals surface area contributed by atoms with Gasteiger partial charge in [0.1, 0.15) is 0 Å². The molecule has 1 rings (SSSR count). The molecule has 68 valence electrons. The van der Waals surface area contributed by atoms with Crippen LogP contribution >= 0.6 is 0 Å². The van der Waals surface area contributed by atoms with E-state index in [1.165, 1.54) is 0 Å². The van der Waals surface area contributed by atoms with Crippen LogP contribution in [0.25, 0.3) is 0 Å². The molecule has 1 atom stereocenters. The second kappa shape index (κ2) is 2.65. The van der Waals surface area contributed by atoms with E-state index in [1.54, 1.807) is 0 Å². The normalized spacial score (nSPS) is 23.2. The van der Waals surface area contributed by atoms with Crippen molar-refractivity contribution in [1.82, 2.24) is 0 Å². The molecule has 1 aliphatic heterocycles. The summed E-state index contributed by atoms with van der Waals surface area (Å²) in [5.41, 5.74) is -0.600. The lowest BCUT2D eigenvalue weighted by Crippen LogP contribution is -2.29. The average molecular weight is 183 g/mol. The molecule has 0 fully saturated rings. The Hall–Kier alpha value is -1.27. The third-order valence-corrected chi connectivity index (χ3v) is 1.28. The molecule has 1 aliphatic rings. The SMILES string of the molecule is O=C(O)C1=NOC(C(F)(F)F)C1. The molecule has 7 heteroatoms. The summed E-state index contributed by atoms with van der Waals surface area (Å²) in [5.74, 6) is -1.48. The molecule has 0 aliphatic carbocycles. The van der Waals surface area contributed by atoms with E-state index in [0.29, 0.717) is 0 Å². The first kappa shape index (κ1) is 8.82. The minimum atomic E-state index is -4.55. The first-order valence-electron chi connectivity index (χ1n) is 2.94. The largest absolute Gasteiger partial charge is 0.477 e. The van der Waals surface area contributed by atoms with Gasteiger partial charge in [0.05, 0.1) is 0 Å². The number of hydrogen-bond acceptors (Lipinski definition) is 3. The van der Waals surface area contributed by atoms with Crippen LogP contribution in [0.5, 0.6) is 0 Å². The summed E-state index contributed by atoms with van der Waals surface area (Å²) in [6, 6.07) is 0. The summed E-state index contributed by atoms with van der Waals surface area (Å²) in [6.07, 6.45) is -7.39. The van der Waals surface area contributed by atoms with E-state index < -0.39 is 30.4 Å². The minimum Gasteiger partial charge on any atom is -0.477 e. The molecule has 0 spiro atoms. The lowest BCUT2D eigenvalue weighted by Gasteiger charge is -2.10. The van der Waals surface area contributed by atoms with Crippen LogP contribution in [-0.2, 0) is 9.63 Å². The monoisotopic (exact) mass is 183 g/mol. The molecule has 1 unspecified atom stereocenters. The second-order valence-corrected chi connectivity index (χ2v) is 2.18. The summed E-state index contributed by atoms with van der Waals surface area (Å²) in [4.78, 5) is 14.0. The van der Waals surface area contributed by atoms with Gasteiger partial charge in [0.25, 0.3) is 0 Å². The molecule has 0 saturated carbocycles. The average Bonchev–Trinajstić information content (AvgIpc) is 2.30. The summed E-state index contributed by atoms with van der Waals surface area (Å²) in [7, 11) is 0. The van der Waals surface area contributed by atoms with Crippen LogP contribution in [0.1, 0.15) is 6.42 Å². The van der Waals surface area contributed by atoms with Crippen molar-refractivity contribution in [3.05, 3.63) is 0 Å². The highest BCUT2D eigenvalue weighted by Crippen LogP contribution is 2.28. The predicted molar refractivity (Wildman–Crippen MR) is 30.6 cm³/mol. The van der Waals surface area contributed by atoms with E-state index in [0.717, 1.165) is 0 Å². The number of oxime groups is 1. The number of carboxylic acids is 1. The van der Waals surface area contributed by atoms with Crippen LogP contribution in [0.3, 0.4) is 0 Å². The summed E-state index contributed by atoms with van der Waals surface area (Å²) in [6.45, 7) is 0. The predicted octanol–water partition coefficient (Wildman–Crippen LogP) is 0.778. The maximum Gasteiger partial charge on any atom is 0.428 e. The molecular formula is C5H4F3NO3. The highest BCUT2D eigenvalue weighted by molar-refractivity contribution is 6.35. The topological polar surface area (TPSA) is 58.9 Å². The fourth-order valence-corrected chi connectivity index (χ4v) is 0.679. The number of aliphatic carboxylic acids is 1. The van der Waals surface area contributed by atoms with E-state index in [9.17, 15) is 18.0 Å². The van der Waals surface area contributed by atoms with Gasteiger partial charge in [0.15, 0.2) is 5.71 Å². The smallest absolute Gasteiger partial charge is 0.428 e. The molecule has 0 aromatic heterocycles. The van der Waals surface area contributed by atoms with Crippen molar-refractivity contribution in [2.75, 3.05) is 0 Å². The molecular weight excluding hydrogens is 179 g/mol. The van der Waals surface area contributed by atoms with E-state index in [2.05, 4.69) is 9.99 Å². The molecule has 12 heavy (non-hydrogen) atoms. The van der Waals surface area contributed by atoms with Crippen molar-refractivity contribution < 1.29 is 27.9 Å². The Bertz CT molecular complexity index is 235. The van der Waals surface area contributed by atoms with Crippen molar-refractivity contribution in [3.63, 3.8) is 0 Å². The summed E-state index contributed by atoms with van der Waals surface area (Å²) in [5, 5.41) is 11.0. The number of carboxylic acid groups (broad SMARTS) is 1. The third-order valence-electron chi connectivity index (χ3n) is 1.28. The van der Waals surface area contributed by atoms with Crippen molar-refractivity contribution >= 4 is 11.7 Å². The van der Waals surface area contributed by atoms with Crippen molar-refractivity contribution in [2.24, 2.45) is 5.16 Å². The number of hydrogen-bond donors (Lipinski definition) is 1. The van der Waals surface area contributed by atoms with Crippen molar-refractivity contribution in [2.45, 2.75) is 18.7 Å². The van der Waals surface area contributed by atoms with Crippen LogP contribution in [-0.4, -0.2) is 29.1 Å². The number of alkyl halides is 3. The van der Waals surface area contributed by atoms with E-state index >= 15 is 0 Å². The molecule has 0 aromatic rings. The van der Waals surface area contributed by atoms with Crippen molar-refractivity contribution in [1.29, 1.82) is 0 Å². The fourth-order valence-electron chi connectivity index (χ4n) is 0.679. The Morgan fingerprint density at radius 1 is 1.67 bits per heavy atom. The molecule has 0 bridgehead atoms. The lowest BCUT2D eigenvalue weighted by molar-refractivity contribution is -0.212. The maximum atomic E-state index is 11.8. The molecule has 0 radical (unpaired) electrons. The molecule has 4 nitrogen and oxygen atoms in total. The van der Waals surface area contributed by atoms with Gasteiger partial charge >= 0.3 is 12.1 Å². The Morgan fingerprint density at radius 2 is 2.25 bits per heavy atom. The van der Waals surface area contributed by atoms with Gasteiger partial charge in [-0.3, -0.25) is 0 Å². The Morgan fingerprint density at radius 3 is 2.50 bits per heavy atom. The zero-order chi connectivity index (χ0) is 9.35. The molecule has 0 aromatic carbocycles. The number of halogens is 3. The highest BCUT2D eigenvalue weighted by atomic mass is 19.4. The fraction of sp³-hybridized carbons (Fsp3) is 0.600. The Labute approximate surface area is 64.6 Å². The van der Waals surface area contributed by atoms with E-state index in [4.69, 9.17) is 5.11 Å². The van der Waals surface area contributed by atoms with Crippen LogP contribution in [0.4, 0.5) is 13.2 Å². The first-order valence-corrected chi connectivity index (χ1v) is 2.94. The molecule has 0 saturated heterocycles. The van der Waals surface area contributed by atoms with Gasteiger partial charge in [0, 0.05) is 6.42 Å². The van der Waals surface area contributed by atoms with Crippen LogP contribution in [0.2, 0.25) is 0 Å². The molecule has 1 heterocycles. The van der Waals surface area contributed by atoms with Crippen LogP contribution in [0, 0.1) is 0 Å². The van der Waals surface area contributed by atoms with Gasteiger partial charge < -0.3 is 9.94 Å². The van der Waals surface area contributed by atoms with Gasteiger partial charge in [-0.25, -0.2) is 4.79 Å². The maximum absolute atomic E-state index is 11.8. The molecule has 1 N–H and O–H groups in total. The zero-order valence-electron chi connectivity index (χ0n) is 5.63. The summed E-state index contributed by atoms with van der Waals surface area (Å²) >= 11 is 0. The van der Waals surface area contributed by atoms with Crippen LogP contribution in [0.15, 0.2) is 5.16 Å². The standard InChI is InChI=1S/C5H4F3NO3/c6-5(7,8)3-1-2(4(10)11)9-12-3/h3H,1H2,(H,10,11). The van der Waals surface area contributed by atoms with E-state index in [1.807, 2.05) is 0 Å². The summed E-state index contributed by atoms with van der Waals surface area (Å²) < 4.78 is 35.4. The second-order valence-electron chi connectivity index (χ2n) is 2.18. The zero-order valence-corrected chi connectivity index (χ0v) is 5.63. The van der Waals surface area contributed by atoms with Crippen LogP contribution < -0.4 is 0 Å². The van der Waals surface area contributed by atoms with E-state index in [-0.39, 0.29) is 0 Å². The van der Waals surface area contributed by atoms with Crippen molar-refractivity contribution in [3.8, 4) is 0 Å². The Kier molecular flexibility index (Phi) is 1.95. The highest BCUT2D eigenvalue weighted by Gasteiger charge is 2.46.